The zero-order valence-corrected chi connectivity index (χ0v) is 58.3. The molecule has 4 unspecified atom stereocenters. The van der Waals surface area contributed by atoms with Gasteiger partial charge in [-0.15, -0.1) is 24.0 Å². The fraction of sp³-hybridized carbons (Fsp3) is 0.577. The summed E-state index contributed by atoms with van der Waals surface area (Å²) in [6, 6.07) is 18.3. The first-order valence-electron chi connectivity index (χ1n) is 33.2. The molecular formula is C71H102N10O7S3. The fourth-order valence-electron chi connectivity index (χ4n) is 13.1. The Bertz CT molecular complexity index is 3320. The minimum absolute atomic E-state index is 0.0544. The number of aryl methyl sites for hydroxylation is 1. The molecule has 8 rings (SSSR count). The van der Waals surface area contributed by atoms with E-state index in [1.165, 1.54) is 29.7 Å². The molecule has 3 saturated heterocycles. The smallest absolute Gasteiger partial charge is 0.264 e. The van der Waals surface area contributed by atoms with Crippen LogP contribution >= 0.6 is 24.0 Å². The van der Waals surface area contributed by atoms with Gasteiger partial charge in [-0.25, -0.2) is 18.1 Å². The molecule has 4 heterocycles. The first-order chi connectivity index (χ1) is 43.2. The number of carbonyl (C=O) groups excluding carboxylic acids is 5. The van der Waals surface area contributed by atoms with Crippen LogP contribution in [0.25, 0.3) is 10.4 Å². The Morgan fingerprint density at radius 2 is 1.53 bits per heavy atom. The van der Waals surface area contributed by atoms with Crippen molar-refractivity contribution in [2.45, 2.75) is 187 Å². The maximum atomic E-state index is 14.2. The van der Waals surface area contributed by atoms with E-state index < -0.39 is 33.4 Å². The first-order valence-corrected chi connectivity index (χ1v) is 36.0. The Hall–Kier alpha value is -6.06. The molecule has 20 heteroatoms. The van der Waals surface area contributed by atoms with Crippen molar-refractivity contribution >= 4 is 74.9 Å². The highest BCUT2D eigenvalue weighted by atomic mass is 32.2. The highest BCUT2D eigenvalue weighted by molar-refractivity contribution is 7.90. The van der Waals surface area contributed by atoms with Crippen molar-refractivity contribution in [3.63, 3.8) is 0 Å². The average molecular weight is 1300 g/mol. The number of allylic oxidation sites excluding steroid dienone is 2. The van der Waals surface area contributed by atoms with Crippen LogP contribution in [0.5, 0.6) is 0 Å². The zero-order valence-electron chi connectivity index (χ0n) is 55.8. The van der Waals surface area contributed by atoms with Crippen molar-refractivity contribution in [3.8, 4) is 10.4 Å². The van der Waals surface area contributed by atoms with Gasteiger partial charge in [0.05, 0.1) is 27.0 Å². The summed E-state index contributed by atoms with van der Waals surface area (Å²) < 4.78 is 29.4. The van der Waals surface area contributed by atoms with Crippen LogP contribution in [-0.4, -0.2) is 153 Å². The number of anilines is 2. The van der Waals surface area contributed by atoms with E-state index in [1.54, 1.807) is 40.0 Å². The normalized spacial score (nSPS) is 18.6. The molecule has 17 nitrogen and oxygen atoms in total. The molecule has 1 aromatic heterocycles. The molecule has 0 saturated carbocycles. The van der Waals surface area contributed by atoms with E-state index in [-0.39, 0.29) is 52.6 Å². The molecular weight excluding hydrogens is 1200 g/mol. The van der Waals surface area contributed by atoms with Crippen molar-refractivity contribution in [1.82, 2.24) is 39.9 Å². The highest BCUT2D eigenvalue weighted by Gasteiger charge is 2.42. The summed E-state index contributed by atoms with van der Waals surface area (Å²) in [4.78, 5) is 84.6. The monoisotopic (exact) mass is 1300 g/mol. The summed E-state index contributed by atoms with van der Waals surface area (Å²) in [5, 5.41) is 9.70. The van der Waals surface area contributed by atoms with Crippen LogP contribution in [0.4, 0.5) is 11.4 Å². The number of piperazine rings is 2. The number of amides is 5. The Morgan fingerprint density at radius 3 is 2.16 bits per heavy atom. The maximum Gasteiger partial charge on any atom is 0.264 e. The van der Waals surface area contributed by atoms with Gasteiger partial charge in [0.2, 0.25) is 23.6 Å². The second kappa shape index (κ2) is 31.7. The van der Waals surface area contributed by atoms with Crippen LogP contribution in [0.2, 0.25) is 0 Å². The number of thiol groups is 1. The minimum Gasteiger partial charge on any atom is -0.381 e. The third kappa shape index (κ3) is 19.5. The van der Waals surface area contributed by atoms with Crippen LogP contribution in [-0.2, 0) is 29.2 Å². The number of unbranched alkanes of at least 4 members (excludes halogenated alkanes) is 2. The van der Waals surface area contributed by atoms with Crippen LogP contribution < -0.4 is 25.6 Å². The van der Waals surface area contributed by atoms with E-state index in [1.807, 2.05) is 81.4 Å². The Balaban J connectivity index is 0.706. The first kappa shape index (κ1) is 70.8. The number of hydrogen-bond donors (Lipinski definition) is 5. The molecule has 0 radical (unpaired) electrons. The SMILES string of the molecule is C=C(CC(C)C)C1=C(CN2CCN(c3ccc(C(=O)NS(=O)(=O)c4ccc(NC(CC)CCN5CCN(C(=O)CCCCCC(=O)NC(C(=O)N6CCCC6C(=O)NC(C)c6ccc(-c7scnc7C)cc6)C(C)(C)C)CC5)c(S)c4)cc3)CC2)CCC(C)(C)C1. The lowest BCUT2D eigenvalue weighted by Gasteiger charge is -2.39. The van der Waals surface area contributed by atoms with Crippen LogP contribution in [0.15, 0.2) is 105 Å². The number of nitrogens with zero attached hydrogens (tertiary/aromatic N) is 6. The summed E-state index contributed by atoms with van der Waals surface area (Å²) in [6.45, 7) is 34.2. The molecule has 4 aromatic rings. The Kier molecular flexibility index (Phi) is 24.7. The number of hydrogen-bond acceptors (Lipinski definition) is 14. The van der Waals surface area contributed by atoms with Gasteiger partial charge < -0.3 is 30.7 Å². The molecule has 0 bridgehead atoms. The molecule has 4 atom stereocenters. The molecule has 3 aromatic carbocycles. The number of likely N-dealkylation sites (tertiary alicyclic amines) is 1. The molecule has 496 valence electrons. The predicted octanol–water partition coefficient (Wildman–Crippen LogP) is 11.8. The third-order valence-corrected chi connectivity index (χ3v) is 21.4. The van der Waals surface area contributed by atoms with E-state index in [9.17, 15) is 32.4 Å². The summed E-state index contributed by atoms with van der Waals surface area (Å²) >= 11 is 6.27. The van der Waals surface area contributed by atoms with Gasteiger partial charge in [-0.1, -0.05) is 104 Å². The van der Waals surface area contributed by atoms with Crippen molar-refractivity contribution in [3.05, 3.63) is 112 Å². The van der Waals surface area contributed by atoms with Gasteiger partial charge in [-0.05, 0) is 154 Å². The fourth-order valence-corrected chi connectivity index (χ4v) is 15.3. The van der Waals surface area contributed by atoms with Gasteiger partial charge in [0.15, 0.2) is 0 Å². The number of benzene rings is 3. The lowest BCUT2D eigenvalue weighted by Crippen LogP contribution is -2.57. The van der Waals surface area contributed by atoms with Gasteiger partial charge in [0, 0.05) is 113 Å². The minimum atomic E-state index is -4.20. The quantitative estimate of drug-likeness (QED) is 0.0280. The van der Waals surface area contributed by atoms with Crippen molar-refractivity contribution in [2.24, 2.45) is 16.7 Å². The largest absolute Gasteiger partial charge is 0.381 e. The van der Waals surface area contributed by atoms with Gasteiger partial charge in [-0.3, -0.25) is 33.8 Å². The van der Waals surface area contributed by atoms with Crippen molar-refractivity contribution in [1.29, 1.82) is 0 Å². The molecule has 5 amide bonds. The molecule has 4 N–H and O–H groups in total. The summed E-state index contributed by atoms with van der Waals surface area (Å²) in [6.07, 6.45) is 9.94. The summed E-state index contributed by atoms with van der Waals surface area (Å²) in [5.74, 6) is -0.676. The van der Waals surface area contributed by atoms with Gasteiger partial charge in [-0.2, -0.15) is 0 Å². The maximum absolute atomic E-state index is 14.2. The van der Waals surface area contributed by atoms with E-state index in [0.29, 0.717) is 80.1 Å². The number of thiazole rings is 1. The second-order valence-corrected chi connectivity index (χ2v) is 31.1. The van der Waals surface area contributed by atoms with Gasteiger partial charge >= 0.3 is 0 Å². The number of sulfonamides is 1. The summed E-state index contributed by atoms with van der Waals surface area (Å²) in [5.41, 5.74) is 10.9. The lowest BCUT2D eigenvalue weighted by atomic mass is 9.71. The van der Waals surface area contributed by atoms with E-state index >= 15 is 0 Å². The Labute approximate surface area is 552 Å². The predicted molar refractivity (Wildman–Crippen MR) is 370 cm³/mol. The molecule has 3 fully saturated rings. The topological polar surface area (TPSA) is 197 Å². The second-order valence-electron chi connectivity index (χ2n) is 28.0. The number of aromatic nitrogens is 1. The van der Waals surface area contributed by atoms with Crippen LogP contribution in [0.3, 0.4) is 0 Å². The average Bonchev–Trinajstić information content (AvgIpc) is 1.91. The molecule has 1 aliphatic carbocycles. The standard InChI is InChI=1S/C71H102N10O7S3/c1-12-56(74-60-29-28-58(44-62(60)89)91(87,88)76-67(84)54-24-26-57(27-25-54)79-39-37-78(38-40-79)46-55-30-32-71(10,11)45-59(55)49(4)43-48(2)3)31-34-77-35-41-80(42-36-77)64(83)19-15-13-14-18-63(82)75-66(70(7,8)9)69(86)81-33-16-17-61(81)68(85)73-50(5)52-20-22-53(23-21-52)65-51(6)72-47-90-65/h20-29,44,47-48,50,56,61,66,74,89H,4,12-19,30-43,45-46H2,1-3,5-11H3,(H,73,85)(H,75,82)(H,76,84). The van der Waals surface area contributed by atoms with Crippen molar-refractivity contribution < 1.29 is 32.4 Å². The van der Waals surface area contributed by atoms with E-state index in [0.717, 1.165) is 112 Å². The highest BCUT2D eigenvalue weighted by Crippen LogP contribution is 2.43. The van der Waals surface area contributed by atoms with Gasteiger partial charge in [0.1, 0.15) is 12.1 Å². The van der Waals surface area contributed by atoms with Crippen LogP contribution in [0, 0.1) is 23.7 Å². The van der Waals surface area contributed by atoms with E-state index in [2.05, 4.69) is 94.2 Å². The third-order valence-electron chi connectivity index (χ3n) is 18.8. The van der Waals surface area contributed by atoms with Crippen LogP contribution in [0.1, 0.15) is 173 Å². The Morgan fingerprint density at radius 1 is 0.846 bits per heavy atom. The van der Waals surface area contributed by atoms with Gasteiger partial charge in [0.25, 0.3) is 15.9 Å². The summed E-state index contributed by atoms with van der Waals surface area (Å²) in [7, 11) is -4.20. The molecule has 4 aliphatic rings. The number of carbonyl (C=O) groups is 5. The van der Waals surface area contributed by atoms with E-state index in [4.69, 9.17) is 0 Å². The van der Waals surface area contributed by atoms with Crippen molar-refractivity contribution in [2.75, 3.05) is 82.2 Å². The molecule has 0 spiro atoms. The number of nitrogens with one attached hydrogen (secondary N) is 4. The molecule has 91 heavy (non-hydrogen) atoms. The molecule has 3 aliphatic heterocycles. The number of rotatable bonds is 27. The zero-order chi connectivity index (χ0) is 65.8. The lowest BCUT2D eigenvalue weighted by molar-refractivity contribution is -0.144.